The number of nitrogens with one attached hydrogen (secondary N) is 2. The van der Waals surface area contributed by atoms with Gasteiger partial charge >= 0.3 is 6.09 Å². The third-order valence-corrected chi connectivity index (χ3v) is 1.03. The van der Waals surface area contributed by atoms with E-state index in [-0.39, 0.29) is 0 Å². The standard InChI is InChI=1S/C6H8N4O2/c1-12-6(11)10-9-5-7-3-2-4-8-5/h2-4H,1H3,(H,10,11)(H,7,8,9). The van der Waals surface area contributed by atoms with Crippen molar-refractivity contribution >= 4 is 12.0 Å². The molecular formula is C6H8N4O2. The zero-order valence-electron chi connectivity index (χ0n) is 6.44. The molecule has 6 nitrogen and oxygen atoms in total. The average molecular weight is 168 g/mol. The molecule has 0 spiro atoms. The molecule has 0 aliphatic carbocycles. The molecule has 1 amide bonds. The van der Waals surface area contributed by atoms with Gasteiger partial charge in [0, 0.05) is 12.4 Å². The van der Waals surface area contributed by atoms with Crippen molar-refractivity contribution in [1.29, 1.82) is 0 Å². The van der Waals surface area contributed by atoms with Gasteiger partial charge in [0.15, 0.2) is 0 Å². The Bertz CT molecular complexity index is 251. The van der Waals surface area contributed by atoms with E-state index >= 15 is 0 Å². The number of amides is 1. The highest BCUT2D eigenvalue weighted by Gasteiger charge is 1.96. The Balaban J connectivity index is 2.38. The second kappa shape index (κ2) is 4.12. The Morgan fingerprint density at radius 1 is 1.50 bits per heavy atom. The molecule has 1 aromatic rings. The predicted octanol–water partition coefficient (Wildman–Crippen LogP) is 0.159. The topological polar surface area (TPSA) is 76.1 Å². The van der Waals surface area contributed by atoms with E-state index < -0.39 is 6.09 Å². The molecule has 0 saturated heterocycles. The van der Waals surface area contributed by atoms with Crippen LogP contribution in [0.4, 0.5) is 10.7 Å². The number of hydrogen-bond donors (Lipinski definition) is 2. The lowest BCUT2D eigenvalue weighted by Crippen LogP contribution is -2.29. The highest BCUT2D eigenvalue weighted by atomic mass is 16.5. The van der Waals surface area contributed by atoms with Gasteiger partial charge in [-0.25, -0.2) is 20.2 Å². The molecule has 1 rings (SSSR count). The largest absolute Gasteiger partial charge is 0.452 e. The molecule has 0 radical (unpaired) electrons. The van der Waals surface area contributed by atoms with E-state index in [1.165, 1.54) is 7.11 Å². The normalized spacial score (nSPS) is 8.75. The maximum absolute atomic E-state index is 10.5. The van der Waals surface area contributed by atoms with Crippen molar-refractivity contribution in [3.05, 3.63) is 18.5 Å². The highest BCUT2D eigenvalue weighted by molar-refractivity contribution is 5.68. The van der Waals surface area contributed by atoms with E-state index in [1.807, 2.05) is 0 Å². The van der Waals surface area contributed by atoms with Gasteiger partial charge in [0.2, 0.25) is 5.95 Å². The van der Waals surface area contributed by atoms with Crippen LogP contribution in [0.1, 0.15) is 0 Å². The quantitative estimate of drug-likeness (QED) is 0.615. The predicted molar refractivity (Wildman–Crippen MR) is 41.2 cm³/mol. The molecule has 12 heavy (non-hydrogen) atoms. The van der Waals surface area contributed by atoms with E-state index in [1.54, 1.807) is 18.5 Å². The summed E-state index contributed by atoms with van der Waals surface area (Å²) in [4.78, 5) is 18.1. The fourth-order valence-electron chi connectivity index (χ4n) is 0.522. The van der Waals surface area contributed by atoms with Gasteiger partial charge in [-0.2, -0.15) is 0 Å². The number of ether oxygens (including phenoxy) is 1. The lowest BCUT2D eigenvalue weighted by molar-refractivity contribution is 0.173. The Morgan fingerprint density at radius 2 is 2.17 bits per heavy atom. The number of carbonyl (C=O) groups is 1. The monoisotopic (exact) mass is 168 g/mol. The summed E-state index contributed by atoms with van der Waals surface area (Å²) in [5.74, 6) is 0.308. The zero-order chi connectivity index (χ0) is 8.81. The van der Waals surface area contributed by atoms with Gasteiger partial charge in [-0.1, -0.05) is 0 Å². The summed E-state index contributed by atoms with van der Waals surface area (Å²) >= 11 is 0. The minimum atomic E-state index is -0.595. The van der Waals surface area contributed by atoms with Crippen LogP contribution in [-0.2, 0) is 4.74 Å². The van der Waals surface area contributed by atoms with Crippen LogP contribution in [0, 0.1) is 0 Å². The van der Waals surface area contributed by atoms with Gasteiger partial charge in [0.1, 0.15) is 0 Å². The molecule has 0 fully saturated rings. The minimum Gasteiger partial charge on any atom is -0.452 e. The second-order valence-electron chi connectivity index (χ2n) is 1.81. The number of methoxy groups -OCH3 is 1. The number of rotatable bonds is 2. The summed E-state index contributed by atoms with van der Waals surface area (Å²) in [5.41, 5.74) is 4.66. The first-order chi connectivity index (χ1) is 5.83. The maximum atomic E-state index is 10.5. The van der Waals surface area contributed by atoms with Crippen molar-refractivity contribution in [3.8, 4) is 0 Å². The van der Waals surface area contributed by atoms with Crippen molar-refractivity contribution in [2.75, 3.05) is 12.5 Å². The van der Waals surface area contributed by atoms with Crippen LogP contribution in [0.5, 0.6) is 0 Å². The van der Waals surface area contributed by atoms with Crippen LogP contribution >= 0.6 is 0 Å². The summed E-state index contributed by atoms with van der Waals surface area (Å²) in [7, 11) is 1.27. The molecule has 0 aliphatic rings. The van der Waals surface area contributed by atoms with Crippen LogP contribution < -0.4 is 10.9 Å². The Morgan fingerprint density at radius 3 is 2.75 bits per heavy atom. The fraction of sp³-hybridized carbons (Fsp3) is 0.167. The molecular weight excluding hydrogens is 160 g/mol. The molecule has 1 aromatic heterocycles. The Kier molecular flexibility index (Phi) is 2.83. The number of hydrogen-bond acceptors (Lipinski definition) is 5. The smallest absolute Gasteiger partial charge is 0.425 e. The molecule has 2 N–H and O–H groups in total. The number of carbonyl (C=O) groups excluding carboxylic acids is 1. The van der Waals surface area contributed by atoms with Gasteiger partial charge in [0.25, 0.3) is 0 Å². The van der Waals surface area contributed by atoms with Gasteiger partial charge in [-0.15, -0.1) is 0 Å². The molecule has 1 heterocycles. The first-order valence-electron chi connectivity index (χ1n) is 3.20. The van der Waals surface area contributed by atoms with Crippen LogP contribution in [-0.4, -0.2) is 23.2 Å². The fourth-order valence-corrected chi connectivity index (χ4v) is 0.522. The van der Waals surface area contributed by atoms with Crippen molar-refractivity contribution < 1.29 is 9.53 Å². The molecule has 0 atom stereocenters. The number of hydrazine groups is 1. The summed E-state index contributed by atoms with van der Waals surface area (Å²) in [6.07, 6.45) is 2.50. The first-order valence-corrected chi connectivity index (χ1v) is 3.20. The first kappa shape index (κ1) is 8.25. The van der Waals surface area contributed by atoms with E-state index in [4.69, 9.17) is 0 Å². The molecule has 0 aliphatic heterocycles. The van der Waals surface area contributed by atoms with Crippen LogP contribution in [0.3, 0.4) is 0 Å². The van der Waals surface area contributed by atoms with E-state index in [0.29, 0.717) is 5.95 Å². The van der Waals surface area contributed by atoms with Crippen LogP contribution in [0.2, 0.25) is 0 Å². The number of anilines is 1. The van der Waals surface area contributed by atoms with E-state index in [0.717, 1.165) is 0 Å². The summed E-state index contributed by atoms with van der Waals surface area (Å²) < 4.78 is 4.30. The zero-order valence-corrected chi connectivity index (χ0v) is 6.44. The van der Waals surface area contributed by atoms with Gasteiger partial charge in [0.05, 0.1) is 7.11 Å². The summed E-state index contributed by atoms with van der Waals surface area (Å²) in [6.45, 7) is 0. The molecule has 64 valence electrons. The molecule has 0 bridgehead atoms. The summed E-state index contributed by atoms with van der Waals surface area (Å²) in [6, 6.07) is 1.67. The van der Waals surface area contributed by atoms with Crippen molar-refractivity contribution in [3.63, 3.8) is 0 Å². The number of aromatic nitrogens is 2. The third kappa shape index (κ3) is 2.41. The lowest BCUT2D eigenvalue weighted by atomic mass is 10.7. The van der Waals surface area contributed by atoms with E-state index in [2.05, 4.69) is 25.6 Å². The SMILES string of the molecule is COC(=O)NNc1ncccn1. The molecule has 0 saturated carbocycles. The number of nitrogens with zero attached hydrogens (tertiary/aromatic N) is 2. The van der Waals surface area contributed by atoms with Crippen LogP contribution in [0.15, 0.2) is 18.5 Å². The van der Waals surface area contributed by atoms with Gasteiger partial charge in [-0.05, 0) is 6.07 Å². The van der Waals surface area contributed by atoms with Gasteiger partial charge in [-0.3, -0.25) is 5.43 Å². The minimum absolute atomic E-state index is 0.308. The highest BCUT2D eigenvalue weighted by Crippen LogP contribution is 1.89. The molecule has 6 heteroatoms. The third-order valence-electron chi connectivity index (χ3n) is 1.03. The molecule has 0 unspecified atom stereocenters. The lowest BCUT2D eigenvalue weighted by Gasteiger charge is -2.03. The average Bonchev–Trinajstić information content (AvgIpc) is 2.16. The van der Waals surface area contributed by atoms with Crippen molar-refractivity contribution in [2.24, 2.45) is 0 Å². The Labute approximate surface area is 68.9 Å². The Hall–Kier alpha value is -1.85. The second-order valence-corrected chi connectivity index (χ2v) is 1.81. The van der Waals surface area contributed by atoms with Crippen molar-refractivity contribution in [2.45, 2.75) is 0 Å². The maximum Gasteiger partial charge on any atom is 0.425 e. The van der Waals surface area contributed by atoms with Gasteiger partial charge < -0.3 is 4.74 Å². The summed E-state index contributed by atoms with van der Waals surface area (Å²) in [5, 5.41) is 0. The van der Waals surface area contributed by atoms with Crippen LogP contribution in [0.25, 0.3) is 0 Å². The molecule has 0 aromatic carbocycles. The van der Waals surface area contributed by atoms with E-state index in [9.17, 15) is 4.79 Å². The van der Waals surface area contributed by atoms with Crippen molar-refractivity contribution in [1.82, 2.24) is 15.4 Å².